The van der Waals surface area contributed by atoms with Crippen molar-refractivity contribution in [2.24, 2.45) is 7.05 Å². The maximum absolute atomic E-state index is 4.42. The van der Waals surface area contributed by atoms with Crippen LogP contribution in [0.1, 0.15) is 33.9 Å². The predicted molar refractivity (Wildman–Crippen MR) is 71.3 cm³/mol. The summed E-state index contributed by atoms with van der Waals surface area (Å²) in [6.45, 7) is 9.92. The zero-order chi connectivity index (χ0) is 13.3. The summed E-state index contributed by atoms with van der Waals surface area (Å²) in [6, 6.07) is 0. The average molecular weight is 247 g/mol. The van der Waals surface area contributed by atoms with E-state index in [4.69, 9.17) is 0 Å². The second-order valence-electron chi connectivity index (χ2n) is 4.79. The van der Waals surface area contributed by atoms with Gasteiger partial charge in [0.2, 0.25) is 0 Å². The van der Waals surface area contributed by atoms with Gasteiger partial charge in [-0.25, -0.2) is 0 Å². The largest absolute Gasteiger partial charge is 0.308 e. The van der Waals surface area contributed by atoms with Gasteiger partial charge in [0.05, 0.1) is 11.4 Å². The maximum atomic E-state index is 4.42. The number of nitrogens with zero attached hydrogens (tertiary/aromatic N) is 3. The van der Waals surface area contributed by atoms with Gasteiger partial charge in [-0.05, 0) is 27.7 Å². The number of hydrogen-bond acceptors (Lipinski definition) is 3. The van der Waals surface area contributed by atoms with Crippen LogP contribution < -0.4 is 5.32 Å². The van der Waals surface area contributed by atoms with Crippen LogP contribution in [-0.4, -0.2) is 20.0 Å². The molecule has 0 amide bonds. The van der Waals surface area contributed by atoms with E-state index >= 15 is 0 Å². The number of aromatic amines is 1. The molecule has 0 saturated heterocycles. The Labute approximate surface area is 108 Å². The third-order valence-electron chi connectivity index (χ3n) is 3.54. The molecule has 0 saturated carbocycles. The SMILES string of the molecule is Cc1n[nH]c(C)c1CNCc1c(C)nn(C)c1C. The van der Waals surface area contributed by atoms with E-state index in [0.717, 1.165) is 30.2 Å². The van der Waals surface area contributed by atoms with Gasteiger partial charge in [0.25, 0.3) is 0 Å². The summed E-state index contributed by atoms with van der Waals surface area (Å²) in [7, 11) is 1.98. The number of hydrogen-bond donors (Lipinski definition) is 2. The van der Waals surface area contributed by atoms with Crippen LogP contribution in [0.5, 0.6) is 0 Å². The van der Waals surface area contributed by atoms with Crippen LogP contribution in [0.2, 0.25) is 0 Å². The second kappa shape index (κ2) is 4.94. The molecule has 0 atom stereocenters. The van der Waals surface area contributed by atoms with Gasteiger partial charge in [-0.1, -0.05) is 0 Å². The van der Waals surface area contributed by atoms with Gasteiger partial charge in [0.1, 0.15) is 0 Å². The average Bonchev–Trinajstić information content (AvgIpc) is 2.75. The standard InChI is InChI=1S/C13H21N5/c1-8-12(9(2)16-15-8)6-14-7-13-10(3)17-18(5)11(13)4/h14H,6-7H2,1-5H3,(H,15,16). The number of H-pyrrole nitrogens is 1. The molecule has 0 aliphatic heterocycles. The van der Waals surface area contributed by atoms with Crippen molar-refractivity contribution in [3.8, 4) is 0 Å². The molecule has 0 spiro atoms. The Balaban J connectivity index is 2.01. The summed E-state index contributed by atoms with van der Waals surface area (Å²) in [5, 5.41) is 15.1. The van der Waals surface area contributed by atoms with E-state index in [2.05, 4.69) is 41.4 Å². The van der Waals surface area contributed by atoms with Crippen molar-refractivity contribution >= 4 is 0 Å². The monoisotopic (exact) mass is 247 g/mol. The first kappa shape index (κ1) is 12.8. The fourth-order valence-corrected chi connectivity index (χ4v) is 2.22. The van der Waals surface area contributed by atoms with Gasteiger partial charge in [0.15, 0.2) is 0 Å². The number of nitrogens with one attached hydrogen (secondary N) is 2. The molecular formula is C13H21N5. The summed E-state index contributed by atoms with van der Waals surface area (Å²) >= 11 is 0. The van der Waals surface area contributed by atoms with E-state index in [1.807, 2.05) is 18.7 Å². The van der Waals surface area contributed by atoms with Crippen LogP contribution in [0.25, 0.3) is 0 Å². The molecule has 0 aliphatic rings. The van der Waals surface area contributed by atoms with Crippen LogP contribution in [0.4, 0.5) is 0 Å². The molecule has 0 radical (unpaired) electrons. The molecule has 2 aromatic heterocycles. The van der Waals surface area contributed by atoms with E-state index < -0.39 is 0 Å². The lowest BCUT2D eigenvalue weighted by molar-refractivity contribution is 0.679. The highest BCUT2D eigenvalue weighted by Crippen LogP contribution is 2.13. The van der Waals surface area contributed by atoms with E-state index in [-0.39, 0.29) is 0 Å². The highest BCUT2D eigenvalue weighted by atomic mass is 15.3. The molecule has 0 unspecified atom stereocenters. The van der Waals surface area contributed by atoms with E-state index in [9.17, 15) is 0 Å². The molecular weight excluding hydrogens is 226 g/mol. The molecule has 2 heterocycles. The Hall–Kier alpha value is -1.62. The minimum Gasteiger partial charge on any atom is -0.308 e. The normalized spacial score (nSPS) is 11.2. The highest BCUT2D eigenvalue weighted by Gasteiger charge is 2.10. The summed E-state index contributed by atoms with van der Waals surface area (Å²) in [4.78, 5) is 0. The molecule has 5 nitrogen and oxygen atoms in total. The molecule has 0 fully saturated rings. The van der Waals surface area contributed by atoms with Gasteiger partial charge in [-0.15, -0.1) is 0 Å². The lowest BCUT2D eigenvalue weighted by Gasteiger charge is -2.06. The van der Waals surface area contributed by atoms with E-state index in [0.29, 0.717) is 0 Å². The van der Waals surface area contributed by atoms with Crippen LogP contribution in [0.15, 0.2) is 0 Å². The Morgan fingerprint density at radius 3 is 2.22 bits per heavy atom. The Kier molecular flexibility index (Phi) is 3.52. The number of aryl methyl sites for hydroxylation is 4. The quantitative estimate of drug-likeness (QED) is 0.864. The Bertz CT molecular complexity index is 530. The highest BCUT2D eigenvalue weighted by molar-refractivity contribution is 5.25. The number of rotatable bonds is 4. The molecule has 0 aromatic carbocycles. The van der Waals surface area contributed by atoms with Gasteiger partial charge in [0, 0.05) is 42.7 Å². The smallest absolute Gasteiger partial charge is 0.0641 e. The minimum absolute atomic E-state index is 0.835. The summed E-state index contributed by atoms with van der Waals surface area (Å²) in [5.41, 5.74) is 7.08. The third-order valence-corrected chi connectivity index (χ3v) is 3.54. The summed E-state index contributed by atoms with van der Waals surface area (Å²) in [6.07, 6.45) is 0. The number of aromatic nitrogens is 4. The molecule has 98 valence electrons. The van der Waals surface area contributed by atoms with Gasteiger partial charge in [-0.2, -0.15) is 10.2 Å². The molecule has 0 bridgehead atoms. The molecule has 18 heavy (non-hydrogen) atoms. The molecule has 0 aliphatic carbocycles. The van der Waals surface area contributed by atoms with Gasteiger partial charge >= 0.3 is 0 Å². The van der Waals surface area contributed by atoms with Crippen molar-refractivity contribution in [2.45, 2.75) is 40.8 Å². The first-order chi connectivity index (χ1) is 8.50. The van der Waals surface area contributed by atoms with Crippen molar-refractivity contribution in [1.82, 2.24) is 25.3 Å². The Morgan fingerprint density at radius 2 is 1.72 bits per heavy atom. The Morgan fingerprint density at radius 1 is 1.06 bits per heavy atom. The molecule has 2 aromatic rings. The van der Waals surface area contributed by atoms with Crippen molar-refractivity contribution in [2.75, 3.05) is 0 Å². The molecule has 2 N–H and O–H groups in total. The van der Waals surface area contributed by atoms with Crippen molar-refractivity contribution in [3.05, 3.63) is 33.9 Å². The molecule has 2 rings (SSSR count). The second-order valence-corrected chi connectivity index (χ2v) is 4.79. The summed E-state index contributed by atoms with van der Waals surface area (Å²) in [5.74, 6) is 0. The first-order valence-corrected chi connectivity index (χ1v) is 6.21. The van der Waals surface area contributed by atoms with Crippen LogP contribution >= 0.6 is 0 Å². The van der Waals surface area contributed by atoms with Crippen LogP contribution in [0, 0.1) is 27.7 Å². The topological polar surface area (TPSA) is 58.5 Å². The zero-order valence-corrected chi connectivity index (χ0v) is 11.8. The molecule has 5 heteroatoms. The van der Waals surface area contributed by atoms with Crippen molar-refractivity contribution < 1.29 is 0 Å². The van der Waals surface area contributed by atoms with Crippen LogP contribution in [-0.2, 0) is 20.1 Å². The lowest BCUT2D eigenvalue weighted by atomic mass is 10.1. The third kappa shape index (κ3) is 2.31. The van der Waals surface area contributed by atoms with Gasteiger partial charge in [-0.3, -0.25) is 9.78 Å². The van der Waals surface area contributed by atoms with E-state index in [1.165, 1.54) is 16.8 Å². The predicted octanol–water partition coefficient (Wildman–Crippen LogP) is 1.67. The zero-order valence-electron chi connectivity index (χ0n) is 11.8. The minimum atomic E-state index is 0.835. The van der Waals surface area contributed by atoms with Crippen molar-refractivity contribution in [3.63, 3.8) is 0 Å². The van der Waals surface area contributed by atoms with Crippen LogP contribution in [0.3, 0.4) is 0 Å². The van der Waals surface area contributed by atoms with E-state index in [1.54, 1.807) is 0 Å². The lowest BCUT2D eigenvalue weighted by Crippen LogP contribution is -2.14. The first-order valence-electron chi connectivity index (χ1n) is 6.21. The fourth-order valence-electron chi connectivity index (χ4n) is 2.22. The van der Waals surface area contributed by atoms with Gasteiger partial charge < -0.3 is 5.32 Å². The summed E-state index contributed by atoms with van der Waals surface area (Å²) < 4.78 is 1.93. The van der Waals surface area contributed by atoms with Crippen molar-refractivity contribution in [1.29, 1.82) is 0 Å². The fraction of sp³-hybridized carbons (Fsp3) is 0.538. The maximum Gasteiger partial charge on any atom is 0.0641 e.